The van der Waals surface area contributed by atoms with Crippen molar-refractivity contribution in [2.24, 2.45) is 0 Å². The summed E-state index contributed by atoms with van der Waals surface area (Å²) in [5, 5.41) is 5.79. The lowest BCUT2D eigenvalue weighted by Gasteiger charge is -2.09. The van der Waals surface area contributed by atoms with Crippen LogP contribution in [-0.2, 0) is 28.8 Å². The molecule has 0 spiro atoms. The fourth-order valence-electron chi connectivity index (χ4n) is 1.59. The quantitative estimate of drug-likeness (QED) is 0.356. The Bertz CT molecular complexity index is 597. The van der Waals surface area contributed by atoms with E-state index in [1.807, 2.05) is 13.8 Å². The maximum Gasteiger partial charge on any atom is 0.356 e. The molecule has 162 valence electrons. The first-order chi connectivity index (χ1) is 13.6. The number of carbonyl (C=O) groups excluding carboxylic acids is 5. The minimum atomic E-state index is -0.807. The summed E-state index contributed by atoms with van der Waals surface area (Å²) in [6.45, 7) is 16.4. The van der Waals surface area contributed by atoms with E-state index in [1.54, 1.807) is 0 Å². The fourth-order valence-corrected chi connectivity index (χ4v) is 1.59. The summed E-state index contributed by atoms with van der Waals surface area (Å²) >= 11 is 0. The average molecular weight is 409 g/mol. The van der Waals surface area contributed by atoms with Crippen LogP contribution in [0.15, 0.2) is 38.0 Å². The van der Waals surface area contributed by atoms with Gasteiger partial charge in [0.2, 0.25) is 11.8 Å². The van der Waals surface area contributed by atoms with Crippen molar-refractivity contribution in [1.29, 1.82) is 0 Å². The Balaban J connectivity index is 0. The van der Waals surface area contributed by atoms with Crippen molar-refractivity contribution < 1.29 is 28.8 Å². The van der Waals surface area contributed by atoms with Gasteiger partial charge in [-0.25, -0.2) is 4.79 Å². The number of unbranched alkanes of at least 4 members (excludes halogenated alkanes) is 1. The molecule has 0 saturated carbocycles. The Kier molecular flexibility index (Phi) is 16.3. The van der Waals surface area contributed by atoms with Gasteiger partial charge in [0.15, 0.2) is 0 Å². The molecule has 1 rings (SSSR count). The van der Waals surface area contributed by atoms with Crippen molar-refractivity contribution in [3.63, 3.8) is 0 Å². The highest BCUT2D eigenvalue weighted by molar-refractivity contribution is 6.02. The molecule has 1 fully saturated rings. The molecule has 0 radical (unpaired) electrons. The van der Waals surface area contributed by atoms with Crippen molar-refractivity contribution in [3.8, 4) is 0 Å². The summed E-state index contributed by atoms with van der Waals surface area (Å²) in [5.41, 5.74) is 0. The Morgan fingerprint density at radius 1 is 1.03 bits per heavy atom. The zero-order valence-electron chi connectivity index (χ0n) is 17.4. The minimum Gasteiger partial charge on any atom is -0.353 e. The lowest BCUT2D eigenvalue weighted by atomic mass is 10.3. The first kappa shape index (κ1) is 28.0. The van der Waals surface area contributed by atoms with Gasteiger partial charge >= 0.3 is 5.97 Å². The van der Waals surface area contributed by atoms with Gasteiger partial charge < -0.3 is 15.5 Å². The van der Waals surface area contributed by atoms with Gasteiger partial charge in [0.05, 0.1) is 0 Å². The molecule has 0 aliphatic carbocycles. The lowest BCUT2D eigenvalue weighted by Crippen LogP contribution is -2.31. The van der Waals surface area contributed by atoms with E-state index in [1.165, 1.54) is 12.2 Å². The molecule has 1 saturated heterocycles. The van der Waals surface area contributed by atoms with Gasteiger partial charge in [-0.2, -0.15) is 0 Å². The van der Waals surface area contributed by atoms with Gasteiger partial charge in [-0.1, -0.05) is 33.1 Å². The van der Waals surface area contributed by atoms with E-state index in [0.29, 0.717) is 5.06 Å². The average Bonchev–Trinajstić information content (AvgIpc) is 3.00. The number of rotatable bonds is 8. The van der Waals surface area contributed by atoms with Crippen LogP contribution < -0.4 is 10.6 Å². The summed E-state index contributed by atoms with van der Waals surface area (Å²) in [4.78, 5) is 57.4. The highest BCUT2D eigenvalue weighted by Gasteiger charge is 2.32. The van der Waals surface area contributed by atoms with Gasteiger partial charge in [-0.05, 0) is 32.4 Å². The number of hydrogen-bond donors (Lipinski definition) is 2. The van der Waals surface area contributed by atoms with E-state index in [9.17, 15) is 24.0 Å². The van der Waals surface area contributed by atoms with E-state index < -0.39 is 17.8 Å². The van der Waals surface area contributed by atoms with Crippen molar-refractivity contribution in [2.45, 2.75) is 52.5 Å². The predicted octanol–water partition coefficient (Wildman–Crippen LogP) is 1.57. The maximum atomic E-state index is 10.8. The van der Waals surface area contributed by atoms with Crippen LogP contribution in [-0.4, -0.2) is 47.2 Å². The standard InChI is InChI=1S/C7H7NO4.C7H13NO.C6H11NO/c1-2-7(11)12-8-5(9)3-4-6(8)10;1-3-5-6-8-7(9)4-2;1-4-6(8)7-5(2)3/h2H,1,3-4H2;4H,2-3,5-6H2,1H3,(H,8,9);4-5H,1H2,2-3H3,(H,7,8). The molecule has 0 aromatic heterocycles. The Morgan fingerprint density at radius 2 is 1.55 bits per heavy atom. The molecule has 1 heterocycles. The molecule has 29 heavy (non-hydrogen) atoms. The van der Waals surface area contributed by atoms with Crippen molar-refractivity contribution in [3.05, 3.63) is 38.0 Å². The number of imide groups is 1. The smallest absolute Gasteiger partial charge is 0.353 e. The summed E-state index contributed by atoms with van der Waals surface area (Å²) in [6.07, 6.45) is 5.79. The molecule has 0 aromatic carbocycles. The van der Waals surface area contributed by atoms with E-state index in [4.69, 9.17) is 0 Å². The van der Waals surface area contributed by atoms with Crippen molar-refractivity contribution >= 4 is 29.6 Å². The van der Waals surface area contributed by atoms with Crippen LogP contribution in [0.5, 0.6) is 0 Å². The second kappa shape index (κ2) is 16.9. The van der Waals surface area contributed by atoms with Crippen LogP contribution in [0.4, 0.5) is 0 Å². The van der Waals surface area contributed by atoms with E-state index in [2.05, 4.69) is 42.1 Å². The van der Waals surface area contributed by atoms with Crippen LogP contribution >= 0.6 is 0 Å². The normalized spacial score (nSPS) is 11.9. The monoisotopic (exact) mass is 409 g/mol. The highest BCUT2D eigenvalue weighted by atomic mass is 16.7. The van der Waals surface area contributed by atoms with Crippen molar-refractivity contribution in [2.75, 3.05) is 6.54 Å². The number of hydrogen-bond acceptors (Lipinski definition) is 6. The second-order valence-corrected chi connectivity index (χ2v) is 5.91. The highest BCUT2D eigenvalue weighted by Crippen LogP contribution is 2.11. The molecule has 9 heteroatoms. The van der Waals surface area contributed by atoms with Gasteiger partial charge in [-0.15, -0.1) is 5.06 Å². The molecule has 1 aliphatic rings. The zero-order valence-corrected chi connectivity index (χ0v) is 17.4. The third-order valence-corrected chi connectivity index (χ3v) is 2.98. The Morgan fingerprint density at radius 3 is 1.90 bits per heavy atom. The SMILES string of the molecule is C=CC(=O)NC(C)C.C=CC(=O)NCCCC.C=CC(=O)ON1C(=O)CCC1=O. The summed E-state index contributed by atoms with van der Waals surface area (Å²) in [6, 6.07) is 0.209. The minimum absolute atomic E-state index is 0.0801. The molecular weight excluding hydrogens is 378 g/mol. The molecule has 1 aliphatic heterocycles. The zero-order chi connectivity index (χ0) is 22.8. The second-order valence-electron chi connectivity index (χ2n) is 5.91. The molecule has 0 aromatic rings. The number of nitrogens with one attached hydrogen (secondary N) is 2. The Labute approximate surface area is 171 Å². The molecule has 0 atom stereocenters. The maximum absolute atomic E-state index is 10.8. The van der Waals surface area contributed by atoms with Gasteiger partial charge in [0, 0.05) is 31.5 Å². The van der Waals surface area contributed by atoms with Gasteiger partial charge in [0.25, 0.3) is 11.8 Å². The number of amides is 4. The molecule has 4 amide bonds. The summed E-state index contributed by atoms with van der Waals surface area (Å²) < 4.78 is 0. The third-order valence-electron chi connectivity index (χ3n) is 2.98. The molecule has 2 N–H and O–H groups in total. The van der Waals surface area contributed by atoms with E-state index in [0.717, 1.165) is 25.5 Å². The first-order valence-corrected chi connectivity index (χ1v) is 9.16. The molecule has 0 bridgehead atoms. The Hall–Kier alpha value is -3.23. The van der Waals surface area contributed by atoms with E-state index in [-0.39, 0.29) is 30.7 Å². The number of hydroxylamine groups is 2. The van der Waals surface area contributed by atoms with Crippen LogP contribution in [0, 0.1) is 0 Å². The van der Waals surface area contributed by atoms with Crippen LogP contribution in [0.3, 0.4) is 0 Å². The first-order valence-electron chi connectivity index (χ1n) is 9.16. The molecular formula is C20H31N3O6. The summed E-state index contributed by atoms with van der Waals surface area (Å²) in [5.74, 6) is -1.98. The van der Waals surface area contributed by atoms with Gasteiger partial charge in [-0.3, -0.25) is 19.2 Å². The molecule has 9 nitrogen and oxygen atoms in total. The summed E-state index contributed by atoms with van der Waals surface area (Å²) in [7, 11) is 0. The van der Waals surface area contributed by atoms with Crippen LogP contribution in [0.25, 0.3) is 0 Å². The van der Waals surface area contributed by atoms with Crippen molar-refractivity contribution in [1.82, 2.24) is 15.7 Å². The van der Waals surface area contributed by atoms with E-state index >= 15 is 0 Å². The predicted molar refractivity (Wildman–Crippen MR) is 109 cm³/mol. The lowest BCUT2D eigenvalue weighted by molar-refractivity contribution is -0.193. The topological polar surface area (TPSA) is 122 Å². The number of nitrogens with zero attached hydrogens (tertiary/aromatic N) is 1. The molecule has 0 unspecified atom stereocenters. The largest absolute Gasteiger partial charge is 0.356 e. The third kappa shape index (κ3) is 15.5. The van der Waals surface area contributed by atoms with Gasteiger partial charge in [0.1, 0.15) is 0 Å². The number of carbonyl (C=O) groups is 5. The van der Waals surface area contributed by atoms with Crippen LogP contribution in [0.1, 0.15) is 46.5 Å². The van der Waals surface area contributed by atoms with Crippen LogP contribution in [0.2, 0.25) is 0 Å². The fraction of sp³-hybridized carbons (Fsp3) is 0.450.